The molecule has 2 saturated heterocycles. The zero-order valence-corrected chi connectivity index (χ0v) is 35.3. The Kier molecular flexibility index (Phi) is 12.0. The molecular formula is C45H48ClF2N5O6S. The maximum absolute atomic E-state index is 15.1. The normalized spacial score (nSPS) is 18.9. The van der Waals surface area contributed by atoms with Crippen molar-refractivity contribution >= 4 is 50.7 Å². The highest BCUT2D eigenvalue weighted by atomic mass is 35.5. The molecule has 1 amide bonds. The van der Waals surface area contributed by atoms with Gasteiger partial charge >= 0.3 is 0 Å². The van der Waals surface area contributed by atoms with Gasteiger partial charge in [0.05, 0.1) is 11.8 Å². The zero-order valence-electron chi connectivity index (χ0n) is 33.7. The summed E-state index contributed by atoms with van der Waals surface area (Å²) in [6.45, 7) is 8.58. The van der Waals surface area contributed by atoms with Crippen LogP contribution in [-0.4, -0.2) is 88.6 Å². The number of hydrogen-bond acceptors (Lipinski definition) is 10. The molecule has 60 heavy (non-hydrogen) atoms. The molecule has 0 spiro atoms. The zero-order chi connectivity index (χ0) is 42.1. The van der Waals surface area contributed by atoms with Crippen molar-refractivity contribution in [2.45, 2.75) is 62.9 Å². The number of anilines is 1. The van der Waals surface area contributed by atoms with Crippen LogP contribution in [0.15, 0.2) is 88.4 Å². The van der Waals surface area contributed by atoms with Gasteiger partial charge in [-0.05, 0) is 71.7 Å². The third kappa shape index (κ3) is 9.52. The summed E-state index contributed by atoms with van der Waals surface area (Å²) in [5.74, 6) is -2.11. The van der Waals surface area contributed by atoms with Crippen molar-refractivity contribution in [3.8, 4) is 17.4 Å². The van der Waals surface area contributed by atoms with Gasteiger partial charge in [0, 0.05) is 94.3 Å². The van der Waals surface area contributed by atoms with Crippen molar-refractivity contribution in [2.24, 2.45) is 10.4 Å². The SMILES string of the molecule is CC1(C)CCC(CN2CCN(c3ccc(C(=O)NS(=O)(=O)c4cnc(OCC5(F)CCOCC5)c(F)c4)c(Oc4cccc5c4N=CC5)c3)CC2)=C(c2ccc(Cl)cc2)C1. The molecule has 1 aromatic heterocycles. The molecule has 4 aromatic rings. The fourth-order valence-electron chi connectivity index (χ4n) is 8.17. The number of nitrogens with zero attached hydrogens (tertiary/aromatic N) is 4. The number of aromatic nitrogens is 1. The number of allylic oxidation sites excluding steroid dienone is 1. The number of carbonyl (C=O) groups is 1. The van der Waals surface area contributed by atoms with Crippen molar-refractivity contribution in [1.82, 2.24) is 14.6 Å². The molecule has 1 aliphatic carbocycles. The minimum atomic E-state index is -4.63. The summed E-state index contributed by atoms with van der Waals surface area (Å²) in [5, 5.41) is 0.725. The summed E-state index contributed by atoms with van der Waals surface area (Å²) < 4.78 is 75.9. The van der Waals surface area contributed by atoms with Crippen LogP contribution in [0.25, 0.3) is 5.57 Å². The topological polar surface area (TPSA) is 123 Å². The Hall–Kier alpha value is -4.89. The van der Waals surface area contributed by atoms with E-state index in [9.17, 15) is 17.6 Å². The number of carbonyl (C=O) groups excluding carboxylic acids is 1. The van der Waals surface area contributed by atoms with Crippen molar-refractivity contribution in [3.63, 3.8) is 0 Å². The van der Waals surface area contributed by atoms with Gasteiger partial charge in [-0.3, -0.25) is 14.7 Å². The molecule has 2 fully saturated rings. The Bertz CT molecular complexity index is 2430. The van der Waals surface area contributed by atoms with E-state index in [1.54, 1.807) is 24.4 Å². The number of para-hydroxylation sites is 1. The van der Waals surface area contributed by atoms with E-state index in [0.29, 0.717) is 23.9 Å². The number of benzene rings is 3. The lowest BCUT2D eigenvalue weighted by Gasteiger charge is -2.39. The average molecular weight is 860 g/mol. The number of aliphatic imine (C=N–C) groups is 1. The highest BCUT2D eigenvalue weighted by Gasteiger charge is 2.34. The van der Waals surface area contributed by atoms with Gasteiger partial charge in [0.25, 0.3) is 21.8 Å². The predicted molar refractivity (Wildman–Crippen MR) is 228 cm³/mol. The first-order valence-electron chi connectivity index (χ1n) is 20.3. The number of piperazine rings is 1. The Morgan fingerprint density at radius 3 is 2.50 bits per heavy atom. The lowest BCUT2D eigenvalue weighted by Crippen LogP contribution is -2.47. The van der Waals surface area contributed by atoms with Gasteiger partial charge in [0.15, 0.2) is 11.6 Å². The quantitative estimate of drug-likeness (QED) is 0.149. The summed E-state index contributed by atoms with van der Waals surface area (Å²) in [6.07, 6.45) is 6.63. The molecule has 11 nitrogen and oxygen atoms in total. The first kappa shape index (κ1) is 41.8. The molecule has 15 heteroatoms. The molecule has 3 aromatic carbocycles. The highest BCUT2D eigenvalue weighted by Crippen LogP contribution is 2.44. The van der Waals surface area contributed by atoms with Gasteiger partial charge < -0.3 is 19.1 Å². The minimum absolute atomic E-state index is 0.0551. The molecule has 0 atom stereocenters. The molecule has 4 aliphatic rings. The van der Waals surface area contributed by atoms with Gasteiger partial charge in [0.1, 0.15) is 28.6 Å². The first-order valence-corrected chi connectivity index (χ1v) is 22.1. The fraction of sp³-hybridized carbons (Fsp3) is 0.400. The molecule has 0 unspecified atom stereocenters. The van der Waals surface area contributed by atoms with E-state index < -0.39 is 44.8 Å². The Morgan fingerprint density at radius 1 is 0.983 bits per heavy atom. The molecule has 0 radical (unpaired) electrons. The number of nitrogens with one attached hydrogen (secondary N) is 1. The van der Waals surface area contributed by atoms with Crippen LogP contribution in [0.2, 0.25) is 5.02 Å². The van der Waals surface area contributed by atoms with Gasteiger partial charge in [-0.1, -0.05) is 55.3 Å². The van der Waals surface area contributed by atoms with Crippen LogP contribution in [0.4, 0.5) is 20.2 Å². The number of hydrogen-bond donors (Lipinski definition) is 1. The van der Waals surface area contributed by atoms with E-state index in [0.717, 1.165) is 74.5 Å². The molecule has 0 bridgehead atoms. The van der Waals surface area contributed by atoms with Crippen LogP contribution in [0.5, 0.6) is 17.4 Å². The average Bonchev–Trinajstić information content (AvgIpc) is 3.72. The van der Waals surface area contributed by atoms with Crippen LogP contribution >= 0.6 is 11.6 Å². The minimum Gasteiger partial charge on any atom is -0.472 e. The number of amides is 1. The van der Waals surface area contributed by atoms with Crippen LogP contribution in [0.1, 0.15) is 67.4 Å². The smallest absolute Gasteiger partial charge is 0.268 e. The van der Waals surface area contributed by atoms with Crippen molar-refractivity contribution in [1.29, 1.82) is 0 Å². The maximum Gasteiger partial charge on any atom is 0.268 e. The standard InChI is InChI=1S/C45H48ClF2N5O6S/c1-44(2)14-12-32(37(26-44)30-6-8-33(46)9-7-30)28-52-18-20-53(21-19-52)34-10-11-36(40(24-34)59-39-5-3-4-31-13-17-49-41(31)39)42(54)51-60(55,56)35-25-38(47)43(50-27-35)58-29-45(48)15-22-57-23-16-45/h3-11,17,24-25,27H,12-16,18-23,26,28-29H2,1-2H3,(H,51,54). The summed E-state index contributed by atoms with van der Waals surface area (Å²) in [6, 6.07) is 19.4. The number of sulfonamides is 1. The molecule has 8 rings (SSSR count). The van der Waals surface area contributed by atoms with Crippen LogP contribution in [0, 0.1) is 11.2 Å². The third-order valence-electron chi connectivity index (χ3n) is 11.8. The predicted octanol–water partition coefficient (Wildman–Crippen LogP) is 8.73. The van der Waals surface area contributed by atoms with E-state index in [1.807, 2.05) is 29.0 Å². The number of pyridine rings is 1. The molecule has 4 heterocycles. The van der Waals surface area contributed by atoms with E-state index in [1.165, 1.54) is 22.8 Å². The summed E-state index contributed by atoms with van der Waals surface area (Å²) >= 11 is 6.23. The van der Waals surface area contributed by atoms with Gasteiger partial charge in [-0.25, -0.2) is 26.9 Å². The van der Waals surface area contributed by atoms with Crippen LogP contribution in [0.3, 0.4) is 0 Å². The second-order valence-electron chi connectivity index (χ2n) is 16.7. The van der Waals surface area contributed by atoms with Gasteiger partial charge in [-0.15, -0.1) is 0 Å². The van der Waals surface area contributed by atoms with E-state index in [2.05, 4.69) is 45.8 Å². The van der Waals surface area contributed by atoms with Crippen LogP contribution in [-0.2, 0) is 21.2 Å². The lowest BCUT2D eigenvalue weighted by molar-refractivity contribution is -0.0337. The van der Waals surface area contributed by atoms with Crippen LogP contribution < -0.4 is 19.1 Å². The van der Waals surface area contributed by atoms with Gasteiger partial charge in [-0.2, -0.15) is 0 Å². The molecule has 0 saturated carbocycles. The van der Waals surface area contributed by atoms with E-state index >= 15 is 4.39 Å². The monoisotopic (exact) mass is 859 g/mol. The van der Waals surface area contributed by atoms with E-state index in [4.69, 9.17) is 25.8 Å². The summed E-state index contributed by atoms with van der Waals surface area (Å²) in [4.78, 5) is 26.2. The summed E-state index contributed by atoms with van der Waals surface area (Å²) in [7, 11) is -4.63. The Labute approximate surface area is 354 Å². The highest BCUT2D eigenvalue weighted by molar-refractivity contribution is 7.90. The summed E-state index contributed by atoms with van der Waals surface area (Å²) in [5.41, 5.74) is 4.95. The van der Waals surface area contributed by atoms with Crippen molar-refractivity contribution in [3.05, 3.63) is 106 Å². The lowest BCUT2D eigenvalue weighted by atomic mass is 9.72. The number of rotatable bonds is 12. The van der Waals surface area contributed by atoms with Crippen molar-refractivity contribution in [2.75, 3.05) is 57.4 Å². The Balaban J connectivity index is 0.991. The van der Waals surface area contributed by atoms with Crippen molar-refractivity contribution < 1.29 is 36.2 Å². The van der Waals surface area contributed by atoms with Gasteiger partial charge in [0.2, 0.25) is 0 Å². The number of fused-ring (bicyclic) bond motifs is 1. The molecular weight excluding hydrogens is 812 g/mol. The maximum atomic E-state index is 15.1. The second-order valence-corrected chi connectivity index (χ2v) is 18.8. The van der Waals surface area contributed by atoms with E-state index in [-0.39, 0.29) is 42.8 Å². The fourth-order valence-corrected chi connectivity index (χ4v) is 9.22. The Morgan fingerprint density at radius 2 is 1.75 bits per heavy atom. The number of halogens is 3. The first-order chi connectivity index (χ1) is 28.7. The third-order valence-corrected chi connectivity index (χ3v) is 13.3. The second kappa shape index (κ2) is 17.2. The molecule has 316 valence electrons. The molecule has 3 aliphatic heterocycles. The number of ether oxygens (including phenoxy) is 3. The molecule has 1 N–H and O–H groups in total. The largest absolute Gasteiger partial charge is 0.472 e. The number of alkyl halides is 1.